The molecule has 0 saturated carbocycles. The van der Waals surface area contributed by atoms with Gasteiger partial charge in [0, 0.05) is 29.3 Å². The van der Waals surface area contributed by atoms with Gasteiger partial charge in [0.2, 0.25) is 0 Å². The number of halogens is 4. The number of hydrogen-bond acceptors (Lipinski definition) is 5. The van der Waals surface area contributed by atoms with Crippen LogP contribution in [-0.4, -0.2) is 32.0 Å². The van der Waals surface area contributed by atoms with E-state index in [0.29, 0.717) is 23.1 Å². The lowest BCUT2D eigenvalue weighted by atomic mass is 9.72. The van der Waals surface area contributed by atoms with Crippen LogP contribution in [0, 0.1) is 12.7 Å². The molecule has 4 rings (SSSR count). The molecule has 0 unspecified atom stereocenters. The molecule has 32 heavy (non-hydrogen) atoms. The Labute approximate surface area is 181 Å². The minimum atomic E-state index is -5.02. The fraction of sp³-hybridized carbons (Fsp3) is 0.304. The summed E-state index contributed by atoms with van der Waals surface area (Å²) >= 11 is 0. The van der Waals surface area contributed by atoms with Crippen LogP contribution in [0.4, 0.5) is 23.2 Å². The van der Waals surface area contributed by atoms with Crippen molar-refractivity contribution in [3.63, 3.8) is 0 Å². The van der Waals surface area contributed by atoms with E-state index in [4.69, 9.17) is 0 Å². The van der Waals surface area contributed by atoms with Crippen molar-refractivity contribution in [2.24, 2.45) is 0 Å². The molecular weight excluding hydrogens is 426 g/mol. The topological polar surface area (TPSA) is 78.3 Å². The van der Waals surface area contributed by atoms with Crippen molar-refractivity contribution in [1.29, 1.82) is 0 Å². The van der Waals surface area contributed by atoms with E-state index in [-0.39, 0.29) is 22.4 Å². The van der Waals surface area contributed by atoms with Gasteiger partial charge >= 0.3 is 6.18 Å². The van der Waals surface area contributed by atoms with E-state index in [1.807, 2.05) is 0 Å². The highest BCUT2D eigenvalue weighted by molar-refractivity contribution is 5.91. The number of nitrogens with one attached hydrogen (secondary N) is 1. The molecule has 1 aliphatic rings. The van der Waals surface area contributed by atoms with Crippen LogP contribution in [0.2, 0.25) is 0 Å². The number of aryl methyl sites for hydroxylation is 1. The van der Waals surface area contributed by atoms with Crippen LogP contribution in [0.5, 0.6) is 5.75 Å². The predicted octanol–water partition coefficient (Wildman–Crippen LogP) is 5.43. The van der Waals surface area contributed by atoms with Gasteiger partial charge in [0.15, 0.2) is 17.2 Å². The van der Waals surface area contributed by atoms with Crippen molar-refractivity contribution in [1.82, 2.24) is 9.97 Å². The lowest BCUT2D eigenvalue weighted by molar-refractivity contribution is -0.265. The number of hydrogen-bond donors (Lipinski definition) is 3. The number of fused-ring (bicyclic) bond motifs is 2. The average Bonchev–Trinajstić information content (AvgIpc) is 2.72. The van der Waals surface area contributed by atoms with Crippen molar-refractivity contribution >= 4 is 22.2 Å². The number of nitrogens with zero attached hydrogens (tertiary/aromatic N) is 2. The fourth-order valence-electron chi connectivity index (χ4n) is 4.21. The lowest BCUT2D eigenvalue weighted by Gasteiger charge is -2.44. The first-order valence-corrected chi connectivity index (χ1v) is 10.1. The number of aromatic nitrogens is 2. The lowest BCUT2D eigenvalue weighted by Crippen LogP contribution is -2.54. The number of benzene rings is 2. The van der Waals surface area contributed by atoms with E-state index >= 15 is 0 Å². The van der Waals surface area contributed by atoms with Gasteiger partial charge in [-0.05, 0) is 42.7 Å². The zero-order valence-corrected chi connectivity index (χ0v) is 17.3. The largest absolute Gasteiger partial charge is 0.504 e. The first kappa shape index (κ1) is 22.0. The zero-order valence-electron chi connectivity index (χ0n) is 17.3. The van der Waals surface area contributed by atoms with Gasteiger partial charge in [-0.25, -0.2) is 14.4 Å². The highest BCUT2D eigenvalue weighted by Gasteiger charge is 2.62. The van der Waals surface area contributed by atoms with Crippen LogP contribution in [0.25, 0.3) is 16.5 Å². The minimum Gasteiger partial charge on any atom is -0.504 e. The van der Waals surface area contributed by atoms with Crippen LogP contribution in [0.15, 0.2) is 42.6 Å². The number of aromatic hydroxyl groups is 1. The van der Waals surface area contributed by atoms with Gasteiger partial charge in [-0.3, -0.25) is 0 Å². The number of phenolic OH excluding ortho intramolecular Hbond substituents is 1. The third-order valence-electron chi connectivity index (χ3n) is 5.72. The third kappa shape index (κ3) is 3.46. The van der Waals surface area contributed by atoms with Crippen LogP contribution in [0.1, 0.15) is 42.8 Å². The summed E-state index contributed by atoms with van der Waals surface area (Å²) in [6, 6.07) is 5.21. The summed E-state index contributed by atoms with van der Waals surface area (Å²) < 4.78 is 56.9. The van der Waals surface area contributed by atoms with Crippen LogP contribution in [-0.2, 0) is 0 Å². The smallest absolute Gasteiger partial charge is 0.419 e. The Hall–Kier alpha value is -3.20. The quantitative estimate of drug-likeness (QED) is 0.467. The molecule has 0 amide bonds. The van der Waals surface area contributed by atoms with Crippen LogP contribution < -0.4 is 5.32 Å². The summed E-state index contributed by atoms with van der Waals surface area (Å²) in [7, 11) is 0. The van der Waals surface area contributed by atoms with E-state index in [9.17, 15) is 27.8 Å². The molecule has 3 N–H and O–H groups in total. The second kappa shape index (κ2) is 7.74. The molecule has 9 heteroatoms. The Morgan fingerprint density at radius 1 is 1.25 bits per heavy atom. The maximum atomic E-state index is 14.3. The summed E-state index contributed by atoms with van der Waals surface area (Å²) in [6.45, 7) is 3.40. The molecule has 5 nitrogen and oxygen atoms in total. The maximum absolute atomic E-state index is 14.3. The van der Waals surface area contributed by atoms with Crippen molar-refractivity contribution in [3.05, 3.63) is 65.4 Å². The third-order valence-corrected chi connectivity index (χ3v) is 5.72. The normalized spacial score (nSPS) is 22.2. The number of phenols is 1. The molecule has 2 aromatic carbocycles. The molecule has 0 fully saturated rings. The Morgan fingerprint density at radius 3 is 2.69 bits per heavy atom. The predicted molar refractivity (Wildman–Crippen MR) is 113 cm³/mol. The van der Waals surface area contributed by atoms with Crippen LogP contribution >= 0.6 is 0 Å². The van der Waals surface area contributed by atoms with Gasteiger partial charge in [-0.2, -0.15) is 13.2 Å². The summed E-state index contributed by atoms with van der Waals surface area (Å²) in [4.78, 5) is 8.40. The Bertz CT molecular complexity index is 1230. The molecule has 168 valence electrons. The van der Waals surface area contributed by atoms with Gasteiger partial charge in [-0.1, -0.05) is 25.1 Å². The van der Waals surface area contributed by atoms with E-state index < -0.39 is 35.8 Å². The Kier molecular flexibility index (Phi) is 5.32. The molecule has 2 atom stereocenters. The van der Waals surface area contributed by atoms with Gasteiger partial charge in [0.05, 0.1) is 11.6 Å². The van der Waals surface area contributed by atoms with Gasteiger partial charge in [-0.15, -0.1) is 0 Å². The van der Waals surface area contributed by atoms with Gasteiger partial charge in [0.25, 0.3) is 0 Å². The highest BCUT2D eigenvalue weighted by Crippen LogP contribution is 2.54. The summed E-state index contributed by atoms with van der Waals surface area (Å²) in [5, 5.41) is 24.6. The van der Waals surface area contributed by atoms with Gasteiger partial charge < -0.3 is 15.5 Å². The number of anilines is 1. The molecule has 1 aliphatic carbocycles. The van der Waals surface area contributed by atoms with E-state index in [1.165, 1.54) is 12.3 Å². The molecule has 1 heterocycles. The van der Waals surface area contributed by atoms with Crippen LogP contribution in [0.3, 0.4) is 0 Å². The molecule has 1 aromatic heterocycles. The maximum Gasteiger partial charge on any atom is 0.419 e. The monoisotopic (exact) mass is 447 g/mol. The van der Waals surface area contributed by atoms with E-state index in [1.54, 1.807) is 32.0 Å². The van der Waals surface area contributed by atoms with Crippen molar-refractivity contribution < 1.29 is 27.8 Å². The number of allylic oxidation sites excluding steroid dienone is 1. The fourth-order valence-corrected chi connectivity index (χ4v) is 4.21. The molecule has 3 aromatic rings. The number of alkyl halides is 3. The number of aliphatic hydroxyl groups is 1. The average molecular weight is 447 g/mol. The SMILES string of the molecule is CC/C=C1/C[C@](O)(C(F)(F)F)[C@@H](Nc2cccc3nc(C)ncc23)c2ccc(F)c(O)c21. The molecule has 0 saturated heterocycles. The summed E-state index contributed by atoms with van der Waals surface area (Å²) in [6.07, 6.45) is -2.57. The molecule has 0 aliphatic heterocycles. The van der Waals surface area contributed by atoms with Crippen molar-refractivity contribution in [2.75, 3.05) is 5.32 Å². The van der Waals surface area contributed by atoms with E-state index in [0.717, 1.165) is 12.1 Å². The number of rotatable bonds is 3. The van der Waals surface area contributed by atoms with E-state index in [2.05, 4.69) is 15.3 Å². The second-order valence-corrected chi connectivity index (χ2v) is 7.83. The Balaban J connectivity index is 1.95. The second-order valence-electron chi connectivity index (χ2n) is 7.83. The first-order valence-electron chi connectivity index (χ1n) is 10.1. The molecule has 0 spiro atoms. The highest BCUT2D eigenvalue weighted by atomic mass is 19.4. The van der Waals surface area contributed by atoms with Crippen molar-refractivity contribution in [3.8, 4) is 5.75 Å². The zero-order chi connectivity index (χ0) is 23.3. The molecule has 0 bridgehead atoms. The Morgan fingerprint density at radius 2 is 2.00 bits per heavy atom. The van der Waals surface area contributed by atoms with Gasteiger partial charge in [0.1, 0.15) is 5.82 Å². The minimum absolute atomic E-state index is 0.0363. The molecule has 0 radical (unpaired) electrons. The van der Waals surface area contributed by atoms with Crippen molar-refractivity contribution in [2.45, 2.75) is 44.5 Å². The standard InChI is InChI=1S/C23H21F4N3O2/c1-3-5-13-10-22(32,23(25,26)27)21(14-8-9-16(24)20(31)19(13)14)30-18-7-4-6-17-15(18)11-28-12(2)29-17/h4-9,11,21,30-32H,3,10H2,1-2H3/b13-5-/t21-,22+/m0/s1. The summed E-state index contributed by atoms with van der Waals surface area (Å²) in [5.74, 6) is -1.19. The first-order chi connectivity index (χ1) is 15.1. The summed E-state index contributed by atoms with van der Waals surface area (Å²) in [5.41, 5.74) is -2.48. The molecular formula is C23H21F4N3O2.